The molecule has 1 aromatic rings. The molecule has 152 valence electrons. The maximum Gasteiger partial charge on any atom is 0.191 e. The summed E-state index contributed by atoms with van der Waals surface area (Å²) < 4.78 is 6.06. The Bertz CT molecular complexity index is 580. The number of nitrogens with zero attached hydrogens (tertiary/aromatic N) is 2. The zero-order chi connectivity index (χ0) is 19.5. The van der Waals surface area contributed by atoms with E-state index in [-0.39, 0.29) is 0 Å². The van der Waals surface area contributed by atoms with Crippen LogP contribution in [0.2, 0.25) is 0 Å². The van der Waals surface area contributed by atoms with Gasteiger partial charge in [0.1, 0.15) is 5.75 Å². The molecule has 0 saturated heterocycles. The van der Waals surface area contributed by atoms with E-state index in [0.717, 1.165) is 56.8 Å². The molecule has 0 radical (unpaired) electrons. The molecule has 1 fully saturated rings. The zero-order valence-corrected chi connectivity index (χ0v) is 17.7. The Hall–Kier alpha value is -1.75. The molecule has 2 rings (SSSR count). The standard InChI is InChI=1S/C22H38N4O/c1-5-26(6-2)14-8-7-13-24-22(23-4)25-16-20-12-9-18(3)15-21(20)27-17-19-10-11-19/h9,12,15,19H,5-8,10-11,13-14,16-17H2,1-4H3,(H2,23,24,25). The lowest BCUT2D eigenvalue weighted by Gasteiger charge is -2.18. The molecule has 0 aromatic heterocycles. The van der Waals surface area contributed by atoms with E-state index < -0.39 is 0 Å². The first-order chi connectivity index (χ1) is 13.2. The first kappa shape index (κ1) is 21.5. The van der Waals surface area contributed by atoms with Crippen LogP contribution >= 0.6 is 0 Å². The lowest BCUT2D eigenvalue weighted by atomic mass is 10.1. The Balaban J connectivity index is 1.73. The minimum atomic E-state index is 0.722. The summed E-state index contributed by atoms with van der Waals surface area (Å²) in [5.41, 5.74) is 2.42. The first-order valence-electron chi connectivity index (χ1n) is 10.5. The number of guanidine groups is 1. The van der Waals surface area contributed by atoms with Gasteiger partial charge in [-0.05, 0) is 69.8 Å². The summed E-state index contributed by atoms with van der Waals surface area (Å²) in [5, 5.41) is 6.84. The zero-order valence-electron chi connectivity index (χ0n) is 17.7. The largest absolute Gasteiger partial charge is 0.493 e. The fraction of sp³-hybridized carbons (Fsp3) is 0.682. The third-order valence-corrected chi connectivity index (χ3v) is 5.15. The van der Waals surface area contributed by atoms with Crippen molar-refractivity contribution in [2.45, 2.75) is 53.0 Å². The van der Waals surface area contributed by atoms with Crippen molar-refractivity contribution in [3.8, 4) is 5.75 Å². The molecule has 0 heterocycles. The number of nitrogens with one attached hydrogen (secondary N) is 2. The number of hydrogen-bond donors (Lipinski definition) is 2. The summed E-state index contributed by atoms with van der Waals surface area (Å²) in [5.74, 6) is 2.62. The van der Waals surface area contributed by atoms with Crippen LogP contribution in [0.1, 0.15) is 50.7 Å². The summed E-state index contributed by atoms with van der Waals surface area (Å²) in [6.07, 6.45) is 4.98. The summed E-state index contributed by atoms with van der Waals surface area (Å²) in [6, 6.07) is 6.44. The molecule has 5 heteroatoms. The number of rotatable bonds is 12. The maximum absolute atomic E-state index is 6.06. The SMILES string of the molecule is CCN(CC)CCCCNC(=NC)NCc1ccc(C)cc1OCC1CC1. The van der Waals surface area contributed by atoms with Crippen LogP contribution in [0.3, 0.4) is 0 Å². The van der Waals surface area contributed by atoms with Gasteiger partial charge in [-0.1, -0.05) is 26.0 Å². The molecular weight excluding hydrogens is 336 g/mol. The highest BCUT2D eigenvalue weighted by atomic mass is 16.5. The van der Waals surface area contributed by atoms with E-state index in [1.165, 1.54) is 36.9 Å². The molecule has 0 unspecified atom stereocenters. The highest BCUT2D eigenvalue weighted by Crippen LogP contribution is 2.30. The molecule has 1 saturated carbocycles. The second-order valence-corrected chi connectivity index (χ2v) is 7.45. The molecule has 0 spiro atoms. The van der Waals surface area contributed by atoms with E-state index in [2.05, 4.69) is 59.5 Å². The monoisotopic (exact) mass is 374 g/mol. The second-order valence-electron chi connectivity index (χ2n) is 7.45. The van der Waals surface area contributed by atoms with Crippen LogP contribution in [0.5, 0.6) is 5.75 Å². The van der Waals surface area contributed by atoms with E-state index in [1.807, 2.05) is 7.05 Å². The molecule has 0 atom stereocenters. The van der Waals surface area contributed by atoms with Crippen molar-refractivity contribution in [3.05, 3.63) is 29.3 Å². The number of ether oxygens (including phenoxy) is 1. The Morgan fingerprint density at radius 3 is 2.63 bits per heavy atom. The van der Waals surface area contributed by atoms with Gasteiger partial charge in [0, 0.05) is 25.7 Å². The van der Waals surface area contributed by atoms with Crippen LogP contribution < -0.4 is 15.4 Å². The lowest BCUT2D eigenvalue weighted by Crippen LogP contribution is -2.37. The van der Waals surface area contributed by atoms with Crippen molar-refractivity contribution in [2.75, 3.05) is 39.8 Å². The molecule has 2 N–H and O–H groups in total. The van der Waals surface area contributed by atoms with Gasteiger partial charge >= 0.3 is 0 Å². The summed E-state index contributed by atoms with van der Waals surface area (Å²) in [7, 11) is 1.82. The Labute approximate surface area is 165 Å². The molecule has 1 aliphatic carbocycles. The van der Waals surface area contributed by atoms with Gasteiger partial charge in [-0.25, -0.2) is 0 Å². The number of hydrogen-bond acceptors (Lipinski definition) is 3. The van der Waals surface area contributed by atoms with Gasteiger partial charge in [0.25, 0.3) is 0 Å². The first-order valence-corrected chi connectivity index (χ1v) is 10.5. The van der Waals surface area contributed by atoms with Crippen LogP contribution in [-0.2, 0) is 6.54 Å². The molecule has 0 bridgehead atoms. The van der Waals surface area contributed by atoms with Gasteiger partial charge in [0.2, 0.25) is 0 Å². The Morgan fingerprint density at radius 1 is 1.19 bits per heavy atom. The lowest BCUT2D eigenvalue weighted by molar-refractivity contribution is 0.296. The van der Waals surface area contributed by atoms with Crippen molar-refractivity contribution < 1.29 is 4.74 Å². The number of aryl methyl sites for hydroxylation is 1. The van der Waals surface area contributed by atoms with Gasteiger partial charge in [0.05, 0.1) is 6.61 Å². The molecule has 0 aliphatic heterocycles. The highest BCUT2D eigenvalue weighted by Gasteiger charge is 2.22. The fourth-order valence-corrected chi connectivity index (χ4v) is 3.04. The minimum Gasteiger partial charge on any atom is -0.493 e. The smallest absolute Gasteiger partial charge is 0.191 e. The van der Waals surface area contributed by atoms with Gasteiger partial charge < -0.3 is 20.3 Å². The molecule has 1 aromatic carbocycles. The van der Waals surface area contributed by atoms with E-state index in [1.54, 1.807) is 0 Å². The van der Waals surface area contributed by atoms with Crippen LogP contribution in [0.25, 0.3) is 0 Å². The molecule has 27 heavy (non-hydrogen) atoms. The minimum absolute atomic E-state index is 0.722. The highest BCUT2D eigenvalue weighted by molar-refractivity contribution is 5.79. The third-order valence-electron chi connectivity index (χ3n) is 5.15. The van der Waals surface area contributed by atoms with Gasteiger partial charge in [-0.3, -0.25) is 4.99 Å². The summed E-state index contributed by atoms with van der Waals surface area (Å²) in [4.78, 5) is 6.81. The Morgan fingerprint density at radius 2 is 1.96 bits per heavy atom. The van der Waals surface area contributed by atoms with E-state index in [9.17, 15) is 0 Å². The topological polar surface area (TPSA) is 48.9 Å². The van der Waals surface area contributed by atoms with Gasteiger partial charge in [-0.2, -0.15) is 0 Å². The van der Waals surface area contributed by atoms with Gasteiger partial charge in [0.15, 0.2) is 5.96 Å². The number of unbranched alkanes of at least 4 members (excludes halogenated alkanes) is 1. The van der Waals surface area contributed by atoms with Crippen LogP contribution in [0.15, 0.2) is 23.2 Å². The van der Waals surface area contributed by atoms with Crippen molar-refractivity contribution >= 4 is 5.96 Å². The van der Waals surface area contributed by atoms with Crippen LogP contribution in [0, 0.1) is 12.8 Å². The van der Waals surface area contributed by atoms with E-state index >= 15 is 0 Å². The average molecular weight is 375 g/mol. The predicted molar refractivity (Wildman–Crippen MR) is 115 cm³/mol. The van der Waals surface area contributed by atoms with Crippen molar-refractivity contribution in [2.24, 2.45) is 10.9 Å². The van der Waals surface area contributed by atoms with Crippen molar-refractivity contribution in [3.63, 3.8) is 0 Å². The van der Waals surface area contributed by atoms with Crippen molar-refractivity contribution in [1.82, 2.24) is 15.5 Å². The van der Waals surface area contributed by atoms with Crippen LogP contribution in [-0.4, -0.2) is 50.7 Å². The normalized spacial score (nSPS) is 14.5. The number of benzene rings is 1. The quantitative estimate of drug-likeness (QED) is 0.334. The summed E-state index contributed by atoms with van der Waals surface area (Å²) in [6.45, 7) is 12.5. The van der Waals surface area contributed by atoms with Crippen LogP contribution in [0.4, 0.5) is 0 Å². The maximum atomic E-state index is 6.06. The van der Waals surface area contributed by atoms with Gasteiger partial charge in [-0.15, -0.1) is 0 Å². The summed E-state index contributed by atoms with van der Waals surface area (Å²) >= 11 is 0. The average Bonchev–Trinajstić information content (AvgIpc) is 3.51. The molecular formula is C22H38N4O. The third kappa shape index (κ3) is 8.21. The van der Waals surface area contributed by atoms with E-state index in [0.29, 0.717) is 0 Å². The molecule has 1 aliphatic rings. The Kier molecular flexibility index (Phi) is 9.46. The molecule has 0 amide bonds. The number of aliphatic imine (C=N–C) groups is 1. The van der Waals surface area contributed by atoms with E-state index in [4.69, 9.17) is 4.74 Å². The fourth-order valence-electron chi connectivity index (χ4n) is 3.04. The second kappa shape index (κ2) is 11.9. The molecule has 5 nitrogen and oxygen atoms in total. The predicted octanol–water partition coefficient (Wildman–Crippen LogP) is 3.57. The van der Waals surface area contributed by atoms with Crippen molar-refractivity contribution in [1.29, 1.82) is 0 Å².